The molecule has 0 aromatic heterocycles. The van der Waals surface area contributed by atoms with Gasteiger partial charge in [0.25, 0.3) is 0 Å². The first-order chi connectivity index (χ1) is 12.9. The second kappa shape index (κ2) is 11.2. The molecule has 0 bridgehead atoms. The highest BCUT2D eigenvalue weighted by atomic mass is 35.5. The number of aliphatic hydroxyl groups excluding tert-OH is 1. The highest BCUT2D eigenvalue weighted by Gasteiger charge is 2.41. The molecule has 0 heterocycles. The third kappa shape index (κ3) is 7.19. The van der Waals surface area contributed by atoms with Crippen LogP contribution in [0.25, 0.3) is 0 Å². The van der Waals surface area contributed by atoms with Gasteiger partial charge < -0.3 is 14.6 Å². The zero-order valence-electron chi connectivity index (χ0n) is 15.2. The van der Waals surface area contributed by atoms with Gasteiger partial charge in [-0.3, -0.25) is 4.79 Å². The molecule has 0 saturated heterocycles. The van der Waals surface area contributed by atoms with Crippen molar-refractivity contribution in [1.29, 1.82) is 0 Å². The predicted molar refractivity (Wildman–Crippen MR) is 109 cm³/mol. The number of methoxy groups -OCH3 is 1. The van der Waals surface area contributed by atoms with Gasteiger partial charge in [0.15, 0.2) is 0 Å². The molecule has 4 atom stereocenters. The number of ether oxygens (including phenoxy) is 2. The van der Waals surface area contributed by atoms with Crippen LogP contribution in [0.2, 0.25) is 10.0 Å². The summed E-state index contributed by atoms with van der Waals surface area (Å²) in [4.78, 5) is 11.1. The molecule has 0 spiro atoms. The van der Waals surface area contributed by atoms with Crippen LogP contribution in [0.3, 0.4) is 0 Å². The number of benzene rings is 1. The second-order valence-electron chi connectivity index (χ2n) is 6.74. The van der Waals surface area contributed by atoms with Gasteiger partial charge in [0.1, 0.15) is 5.75 Å². The van der Waals surface area contributed by atoms with Crippen LogP contribution in [-0.4, -0.2) is 36.3 Å². The van der Waals surface area contributed by atoms with Crippen molar-refractivity contribution >= 4 is 40.8 Å². The summed E-state index contributed by atoms with van der Waals surface area (Å²) in [6.45, 7) is 0.349. The molecule has 2 rings (SSSR count). The van der Waals surface area contributed by atoms with E-state index < -0.39 is 6.10 Å². The second-order valence-corrected chi connectivity index (χ2v) is 8.17. The van der Waals surface area contributed by atoms with Gasteiger partial charge in [-0.05, 0) is 49.8 Å². The minimum atomic E-state index is -0.500. The van der Waals surface area contributed by atoms with Gasteiger partial charge in [-0.25, -0.2) is 0 Å². The maximum absolute atomic E-state index is 11.1. The molecule has 0 unspecified atom stereocenters. The van der Waals surface area contributed by atoms with Crippen molar-refractivity contribution in [3.05, 3.63) is 40.4 Å². The Morgan fingerprint density at radius 2 is 1.93 bits per heavy atom. The molecule has 1 aliphatic rings. The third-order valence-corrected chi connectivity index (χ3v) is 5.75. The van der Waals surface area contributed by atoms with E-state index in [9.17, 15) is 9.90 Å². The number of rotatable bonds is 9. The third-order valence-electron chi connectivity index (χ3n) is 4.81. The van der Waals surface area contributed by atoms with Crippen molar-refractivity contribution < 1.29 is 19.4 Å². The van der Waals surface area contributed by atoms with E-state index in [1.54, 1.807) is 18.2 Å². The zero-order chi connectivity index (χ0) is 19.8. The van der Waals surface area contributed by atoms with Crippen LogP contribution in [-0.2, 0) is 9.53 Å². The lowest BCUT2D eigenvalue weighted by Gasteiger charge is -2.22. The van der Waals surface area contributed by atoms with E-state index in [-0.39, 0.29) is 23.2 Å². The standard InChI is InChI=1S/C20H25Cl3O4/c1-26-20(25)7-5-3-2-4-6-16-17(19(24)11-18(16)23)12-27-15-9-13(21)8-14(22)10-15/h2,4,8-10,16-19,24H,3,5-7,11-12H2,1H3/t16-,17-,18-,19-/m1/s1. The normalized spacial score (nSPS) is 25.1. The molecule has 0 radical (unpaired) electrons. The molecule has 27 heavy (non-hydrogen) atoms. The average molecular weight is 436 g/mol. The first-order valence-electron chi connectivity index (χ1n) is 9.03. The van der Waals surface area contributed by atoms with Crippen LogP contribution in [0.1, 0.15) is 32.1 Å². The van der Waals surface area contributed by atoms with E-state index in [1.165, 1.54) is 7.11 Å². The summed E-state index contributed by atoms with van der Waals surface area (Å²) < 4.78 is 10.4. The van der Waals surface area contributed by atoms with Crippen LogP contribution < -0.4 is 4.74 Å². The summed E-state index contributed by atoms with van der Waals surface area (Å²) in [6.07, 6.45) is 6.90. The van der Waals surface area contributed by atoms with Crippen LogP contribution in [0.5, 0.6) is 5.75 Å². The van der Waals surface area contributed by atoms with Crippen molar-refractivity contribution in [1.82, 2.24) is 0 Å². The predicted octanol–water partition coefficient (Wildman–Crippen LogP) is 5.27. The Balaban J connectivity index is 1.85. The van der Waals surface area contributed by atoms with E-state index in [0.717, 1.165) is 19.3 Å². The van der Waals surface area contributed by atoms with Crippen LogP contribution in [0, 0.1) is 11.8 Å². The Hall–Kier alpha value is -0.940. The summed E-state index contributed by atoms with van der Waals surface area (Å²) in [5, 5.41) is 11.3. The van der Waals surface area contributed by atoms with Gasteiger partial charge >= 0.3 is 5.97 Å². The van der Waals surface area contributed by atoms with Gasteiger partial charge in [-0.15, -0.1) is 11.6 Å². The Morgan fingerprint density at radius 1 is 1.22 bits per heavy atom. The molecular formula is C20H25Cl3O4. The van der Waals surface area contributed by atoms with Gasteiger partial charge in [-0.2, -0.15) is 0 Å². The molecule has 1 aromatic rings. The number of unbranched alkanes of at least 4 members (excludes halogenated alkanes) is 1. The monoisotopic (exact) mass is 434 g/mol. The fourth-order valence-electron chi connectivity index (χ4n) is 3.33. The Labute approximate surface area is 175 Å². The largest absolute Gasteiger partial charge is 0.493 e. The van der Waals surface area contributed by atoms with Crippen molar-refractivity contribution in [3.63, 3.8) is 0 Å². The molecule has 1 aliphatic carbocycles. The fourth-order valence-corrected chi connectivity index (χ4v) is 4.31. The number of carbonyl (C=O) groups is 1. The maximum atomic E-state index is 11.1. The molecule has 1 saturated carbocycles. The smallest absolute Gasteiger partial charge is 0.305 e. The number of carbonyl (C=O) groups excluding carboxylic acids is 1. The summed E-state index contributed by atoms with van der Waals surface area (Å²) in [5.74, 6) is 0.439. The lowest BCUT2D eigenvalue weighted by Crippen LogP contribution is -2.27. The van der Waals surface area contributed by atoms with E-state index in [4.69, 9.17) is 39.5 Å². The van der Waals surface area contributed by atoms with E-state index in [0.29, 0.717) is 35.2 Å². The Morgan fingerprint density at radius 3 is 2.59 bits per heavy atom. The quantitative estimate of drug-likeness (QED) is 0.248. The van der Waals surface area contributed by atoms with Crippen LogP contribution in [0.4, 0.5) is 0 Å². The lowest BCUT2D eigenvalue weighted by molar-refractivity contribution is -0.140. The molecule has 4 nitrogen and oxygen atoms in total. The van der Waals surface area contributed by atoms with Crippen molar-refractivity contribution in [2.75, 3.05) is 13.7 Å². The lowest BCUT2D eigenvalue weighted by atomic mass is 9.92. The molecule has 1 aromatic carbocycles. The Bertz CT molecular complexity index is 630. The molecule has 150 valence electrons. The van der Waals surface area contributed by atoms with E-state index >= 15 is 0 Å². The van der Waals surface area contributed by atoms with Crippen LogP contribution in [0.15, 0.2) is 30.4 Å². The zero-order valence-corrected chi connectivity index (χ0v) is 17.5. The number of aliphatic hydroxyl groups is 1. The SMILES string of the molecule is COC(=O)CCCC=CC[C@@H]1[C@@H](COc2cc(Cl)cc(Cl)c2)[C@H](O)C[C@H]1Cl. The number of allylic oxidation sites excluding steroid dienone is 2. The summed E-state index contributed by atoms with van der Waals surface area (Å²) >= 11 is 18.4. The molecule has 7 heteroatoms. The summed E-state index contributed by atoms with van der Waals surface area (Å²) in [7, 11) is 1.39. The molecule has 0 aliphatic heterocycles. The molecule has 1 fully saturated rings. The van der Waals surface area contributed by atoms with E-state index in [2.05, 4.69) is 10.8 Å². The minimum Gasteiger partial charge on any atom is -0.493 e. The number of halogens is 3. The number of hydrogen-bond donors (Lipinski definition) is 1. The van der Waals surface area contributed by atoms with Gasteiger partial charge in [0, 0.05) is 27.8 Å². The highest BCUT2D eigenvalue weighted by Crippen LogP contribution is 2.39. The van der Waals surface area contributed by atoms with Crippen molar-refractivity contribution in [2.45, 2.75) is 43.6 Å². The van der Waals surface area contributed by atoms with Crippen molar-refractivity contribution in [3.8, 4) is 5.75 Å². The maximum Gasteiger partial charge on any atom is 0.305 e. The van der Waals surface area contributed by atoms with Gasteiger partial charge in [0.05, 0.1) is 19.8 Å². The first kappa shape index (κ1) is 22.4. The fraction of sp³-hybridized carbons (Fsp3) is 0.550. The molecule has 0 amide bonds. The number of hydrogen-bond acceptors (Lipinski definition) is 4. The number of esters is 1. The van der Waals surface area contributed by atoms with Crippen LogP contribution >= 0.6 is 34.8 Å². The Kier molecular flexibility index (Phi) is 9.24. The molecule has 1 N–H and O–H groups in total. The first-order valence-corrected chi connectivity index (χ1v) is 10.2. The topological polar surface area (TPSA) is 55.8 Å². The minimum absolute atomic E-state index is 0.0648. The average Bonchev–Trinajstić information content (AvgIpc) is 2.88. The van der Waals surface area contributed by atoms with Gasteiger partial charge in [0.2, 0.25) is 0 Å². The summed E-state index contributed by atoms with van der Waals surface area (Å²) in [5.41, 5.74) is 0. The van der Waals surface area contributed by atoms with Gasteiger partial charge in [-0.1, -0.05) is 35.4 Å². The summed E-state index contributed by atoms with van der Waals surface area (Å²) in [6, 6.07) is 5.04. The van der Waals surface area contributed by atoms with E-state index in [1.807, 2.05) is 6.08 Å². The molecular weight excluding hydrogens is 411 g/mol. The number of alkyl halides is 1. The van der Waals surface area contributed by atoms with Crippen molar-refractivity contribution in [2.24, 2.45) is 11.8 Å². The highest BCUT2D eigenvalue weighted by molar-refractivity contribution is 6.34.